The summed E-state index contributed by atoms with van der Waals surface area (Å²) >= 11 is 0. The zero-order valence-electron chi connectivity index (χ0n) is 13.7. The number of benzene rings is 1. The first-order valence-electron chi connectivity index (χ1n) is 7.43. The molecule has 0 aliphatic carbocycles. The van der Waals surface area contributed by atoms with Crippen LogP contribution >= 0.6 is 0 Å². The fourth-order valence-electron chi connectivity index (χ4n) is 2.76. The summed E-state index contributed by atoms with van der Waals surface area (Å²) in [5.74, 6) is 0.250. The molecule has 0 aromatic heterocycles. The van der Waals surface area contributed by atoms with Crippen molar-refractivity contribution in [1.82, 2.24) is 0 Å². The number of aliphatic hydroxyl groups excluding tert-OH is 4. The highest BCUT2D eigenvalue weighted by Gasteiger charge is 2.46. The molecule has 1 aliphatic rings. The van der Waals surface area contributed by atoms with Crippen LogP contribution in [0.15, 0.2) is 12.1 Å². The SMILES string of the molecule is COc1cc(C(C)=O)cc(OC)c1[C@@H]1O[C@H](CO)[C@@H](O)[C@H](O)[C@H]1O. The Morgan fingerprint density at radius 1 is 1.08 bits per heavy atom. The van der Waals surface area contributed by atoms with Gasteiger partial charge in [-0.2, -0.15) is 0 Å². The predicted molar refractivity (Wildman–Crippen MR) is 82.3 cm³/mol. The minimum Gasteiger partial charge on any atom is -0.496 e. The maximum atomic E-state index is 11.6. The maximum absolute atomic E-state index is 11.6. The lowest BCUT2D eigenvalue weighted by atomic mass is 9.89. The van der Waals surface area contributed by atoms with E-state index in [-0.39, 0.29) is 22.8 Å². The first kappa shape index (κ1) is 18.6. The average molecular weight is 342 g/mol. The summed E-state index contributed by atoms with van der Waals surface area (Å²) in [4.78, 5) is 11.6. The van der Waals surface area contributed by atoms with Crippen molar-refractivity contribution in [3.05, 3.63) is 23.3 Å². The molecule has 0 unspecified atom stereocenters. The predicted octanol–water partition coefficient (Wildman–Crippen LogP) is -0.579. The Kier molecular flexibility index (Phi) is 5.79. The van der Waals surface area contributed by atoms with Crippen LogP contribution in [0.1, 0.15) is 28.9 Å². The normalized spacial score (nSPS) is 30.0. The molecule has 8 nitrogen and oxygen atoms in total. The maximum Gasteiger partial charge on any atom is 0.160 e. The van der Waals surface area contributed by atoms with Crippen LogP contribution < -0.4 is 9.47 Å². The van der Waals surface area contributed by atoms with Crippen LogP contribution in [0.3, 0.4) is 0 Å². The van der Waals surface area contributed by atoms with Gasteiger partial charge < -0.3 is 34.6 Å². The summed E-state index contributed by atoms with van der Waals surface area (Å²) in [5, 5.41) is 39.5. The summed E-state index contributed by atoms with van der Waals surface area (Å²) in [5.41, 5.74) is 0.624. The molecule has 1 heterocycles. The third kappa shape index (κ3) is 3.24. The van der Waals surface area contributed by atoms with E-state index in [1.165, 1.54) is 33.3 Å². The molecule has 24 heavy (non-hydrogen) atoms. The Morgan fingerprint density at radius 2 is 1.62 bits per heavy atom. The lowest BCUT2D eigenvalue weighted by Gasteiger charge is -2.40. The molecule has 0 saturated carbocycles. The van der Waals surface area contributed by atoms with Crippen LogP contribution in [-0.4, -0.2) is 71.5 Å². The van der Waals surface area contributed by atoms with Gasteiger partial charge in [0, 0.05) is 5.56 Å². The number of ether oxygens (including phenoxy) is 3. The van der Waals surface area contributed by atoms with Crippen molar-refractivity contribution >= 4 is 5.78 Å². The lowest BCUT2D eigenvalue weighted by molar-refractivity contribution is -0.232. The Bertz CT molecular complexity index is 575. The van der Waals surface area contributed by atoms with E-state index in [2.05, 4.69) is 0 Å². The van der Waals surface area contributed by atoms with Gasteiger partial charge in [0.25, 0.3) is 0 Å². The molecule has 1 aliphatic heterocycles. The van der Waals surface area contributed by atoms with Gasteiger partial charge in [0.15, 0.2) is 5.78 Å². The van der Waals surface area contributed by atoms with Gasteiger partial charge in [-0.25, -0.2) is 0 Å². The van der Waals surface area contributed by atoms with Crippen molar-refractivity contribution < 1.29 is 39.4 Å². The second-order valence-corrected chi connectivity index (χ2v) is 5.60. The number of carbonyl (C=O) groups is 1. The molecule has 5 atom stereocenters. The van der Waals surface area contributed by atoms with Crippen molar-refractivity contribution in [3.8, 4) is 11.5 Å². The number of hydrogen-bond acceptors (Lipinski definition) is 8. The monoisotopic (exact) mass is 342 g/mol. The quantitative estimate of drug-likeness (QED) is 0.524. The fraction of sp³-hybridized carbons (Fsp3) is 0.562. The summed E-state index contributed by atoms with van der Waals surface area (Å²) < 4.78 is 16.1. The molecular formula is C16H22O8. The van der Waals surface area contributed by atoms with E-state index in [1.54, 1.807) is 0 Å². The van der Waals surface area contributed by atoms with E-state index < -0.39 is 37.1 Å². The van der Waals surface area contributed by atoms with Gasteiger partial charge in [0.2, 0.25) is 0 Å². The Hall–Kier alpha value is -1.71. The van der Waals surface area contributed by atoms with E-state index in [0.29, 0.717) is 5.56 Å². The molecular weight excluding hydrogens is 320 g/mol. The molecule has 0 radical (unpaired) electrons. The summed E-state index contributed by atoms with van der Waals surface area (Å²) in [6.45, 7) is 0.847. The zero-order valence-corrected chi connectivity index (χ0v) is 13.7. The molecule has 4 N–H and O–H groups in total. The molecule has 1 aromatic rings. The number of rotatable bonds is 5. The van der Waals surface area contributed by atoms with Gasteiger partial charge in [-0.1, -0.05) is 0 Å². The van der Waals surface area contributed by atoms with Crippen LogP contribution in [0.25, 0.3) is 0 Å². The molecule has 2 rings (SSSR count). The van der Waals surface area contributed by atoms with Gasteiger partial charge in [-0.15, -0.1) is 0 Å². The second kappa shape index (κ2) is 7.45. The Labute approximate surface area is 139 Å². The number of hydrogen-bond donors (Lipinski definition) is 4. The largest absolute Gasteiger partial charge is 0.496 e. The van der Waals surface area contributed by atoms with Gasteiger partial charge in [0.1, 0.15) is 42.0 Å². The molecule has 0 spiro atoms. The number of methoxy groups -OCH3 is 2. The van der Waals surface area contributed by atoms with Gasteiger partial charge in [-0.05, 0) is 19.1 Å². The third-order valence-electron chi connectivity index (χ3n) is 4.13. The van der Waals surface area contributed by atoms with E-state index in [4.69, 9.17) is 14.2 Å². The molecule has 134 valence electrons. The van der Waals surface area contributed by atoms with Crippen molar-refractivity contribution in [1.29, 1.82) is 0 Å². The van der Waals surface area contributed by atoms with Crippen molar-refractivity contribution in [2.75, 3.05) is 20.8 Å². The van der Waals surface area contributed by atoms with E-state index in [9.17, 15) is 25.2 Å². The smallest absolute Gasteiger partial charge is 0.160 e. The standard InChI is InChI=1S/C16H22O8/c1-7(18)8-4-9(22-2)12(10(5-8)23-3)16-15(21)14(20)13(19)11(6-17)24-16/h4-5,11,13-17,19-21H,6H2,1-3H3/t11-,13-,14+,15-,16+/m1/s1. The van der Waals surface area contributed by atoms with Crippen LogP contribution in [0.4, 0.5) is 0 Å². The topological polar surface area (TPSA) is 126 Å². The molecule has 0 amide bonds. The molecule has 8 heteroatoms. The van der Waals surface area contributed by atoms with Crippen molar-refractivity contribution in [2.45, 2.75) is 37.4 Å². The highest BCUT2D eigenvalue weighted by atomic mass is 16.5. The second-order valence-electron chi connectivity index (χ2n) is 5.60. The molecule has 1 fully saturated rings. The lowest BCUT2D eigenvalue weighted by Crippen LogP contribution is -2.55. The van der Waals surface area contributed by atoms with Gasteiger partial charge in [0.05, 0.1) is 26.4 Å². The van der Waals surface area contributed by atoms with Crippen LogP contribution in [0.2, 0.25) is 0 Å². The zero-order chi connectivity index (χ0) is 18.0. The third-order valence-corrected chi connectivity index (χ3v) is 4.13. The summed E-state index contributed by atoms with van der Waals surface area (Å²) in [6, 6.07) is 2.95. The van der Waals surface area contributed by atoms with Crippen molar-refractivity contribution in [2.24, 2.45) is 0 Å². The average Bonchev–Trinajstić information content (AvgIpc) is 2.59. The van der Waals surface area contributed by atoms with Gasteiger partial charge >= 0.3 is 0 Å². The number of ketones is 1. The van der Waals surface area contributed by atoms with Gasteiger partial charge in [-0.3, -0.25) is 4.79 Å². The van der Waals surface area contributed by atoms with E-state index >= 15 is 0 Å². The number of carbonyl (C=O) groups excluding carboxylic acids is 1. The van der Waals surface area contributed by atoms with E-state index in [0.717, 1.165) is 0 Å². The van der Waals surface area contributed by atoms with Crippen LogP contribution in [0.5, 0.6) is 11.5 Å². The molecule has 0 bridgehead atoms. The summed E-state index contributed by atoms with van der Waals surface area (Å²) in [6.07, 6.45) is -6.65. The molecule has 1 saturated heterocycles. The number of aliphatic hydroxyl groups is 4. The number of Topliss-reactive ketones (excluding diaryl/α,β-unsaturated/α-hetero) is 1. The highest BCUT2D eigenvalue weighted by Crippen LogP contribution is 2.42. The first-order chi connectivity index (χ1) is 11.3. The minimum absolute atomic E-state index is 0.202. The first-order valence-corrected chi connectivity index (χ1v) is 7.43. The van der Waals surface area contributed by atoms with Crippen LogP contribution in [-0.2, 0) is 4.74 Å². The molecule has 1 aromatic carbocycles. The summed E-state index contributed by atoms with van der Waals surface area (Å²) in [7, 11) is 2.76. The van der Waals surface area contributed by atoms with E-state index in [1.807, 2.05) is 0 Å². The Morgan fingerprint density at radius 3 is 2.04 bits per heavy atom. The minimum atomic E-state index is -1.53. The van der Waals surface area contributed by atoms with Crippen molar-refractivity contribution in [3.63, 3.8) is 0 Å². The van der Waals surface area contributed by atoms with Crippen LogP contribution in [0, 0.1) is 0 Å². The highest BCUT2D eigenvalue weighted by molar-refractivity contribution is 5.95. The Balaban J connectivity index is 2.55. The fourth-order valence-corrected chi connectivity index (χ4v) is 2.76.